The van der Waals surface area contributed by atoms with E-state index in [1.54, 1.807) is 50.5 Å². The summed E-state index contributed by atoms with van der Waals surface area (Å²) in [5.74, 6) is -0.538. The highest BCUT2D eigenvalue weighted by molar-refractivity contribution is 5.93. The van der Waals surface area contributed by atoms with Crippen molar-refractivity contribution in [3.63, 3.8) is 0 Å². The minimum absolute atomic E-state index is 0.269. The lowest BCUT2D eigenvalue weighted by Crippen LogP contribution is -2.20. The summed E-state index contributed by atoms with van der Waals surface area (Å²) in [4.78, 5) is 31.6. The molecule has 2 N–H and O–H groups in total. The predicted octanol–water partition coefficient (Wildman–Crippen LogP) is 0.863. The molecule has 6 heteroatoms. The van der Waals surface area contributed by atoms with Crippen LogP contribution < -0.4 is 10.6 Å². The lowest BCUT2D eigenvalue weighted by molar-refractivity contribution is 0.0950. The van der Waals surface area contributed by atoms with E-state index in [4.69, 9.17) is 0 Å². The Morgan fingerprint density at radius 1 is 0.800 bits per heavy atom. The molecule has 2 rings (SSSR count). The van der Waals surface area contributed by atoms with Gasteiger partial charge in [-0.1, -0.05) is 12.1 Å². The number of carbonyl (C=O) groups is 2. The smallest absolute Gasteiger partial charge is 0.269 e. The van der Waals surface area contributed by atoms with Crippen molar-refractivity contribution >= 4 is 11.8 Å². The monoisotopic (exact) mass is 270 g/mol. The molecule has 0 aliphatic heterocycles. The van der Waals surface area contributed by atoms with E-state index in [0.29, 0.717) is 22.8 Å². The van der Waals surface area contributed by atoms with Crippen molar-refractivity contribution in [2.24, 2.45) is 0 Å². The molecule has 2 heterocycles. The number of nitrogens with one attached hydrogen (secondary N) is 2. The van der Waals surface area contributed by atoms with Crippen molar-refractivity contribution in [1.82, 2.24) is 20.6 Å². The quantitative estimate of drug-likeness (QED) is 0.866. The molecule has 2 aromatic heterocycles. The Hall–Kier alpha value is -2.76. The van der Waals surface area contributed by atoms with Crippen molar-refractivity contribution in [2.75, 3.05) is 14.1 Å². The Labute approximate surface area is 116 Å². The minimum atomic E-state index is -0.269. The van der Waals surface area contributed by atoms with Gasteiger partial charge in [-0.15, -0.1) is 0 Å². The minimum Gasteiger partial charge on any atom is -0.354 e. The molecule has 20 heavy (non-hydrogen) atoms. The lowest BCUT2D eigenvalue weighted by atomic mass is 10.2. The van der Waals surface area contributed by atoms with Gasteiger partial charge in [0.2, 0.25) is 0 Å². The first kappa shape index (κ1) is 13.7. The van der Waals surface area contributed by atoms with Crippen LogP contribution in [0, 0.1) is 0 Å². The topological polar surface area (TPSA) is 84.0 Å². The van der Waals surface area contributed by atoms with Gasteiger partial charge in [-0.05, 0) is 24.3 Å². The van der Waals surface area contributed by atoms with Crippen LogP contribution in [0.2, 0.25) is 0 Å². The normalized spacial score (nSPS) is 9.90. The van der Waals surface area contributed by atoms with E-state index < -0.39 is 0 Å². The summed E-state index contributed by atoms with van der Waals surface area (Å²) < 4.78 is 0. The zero-order valence-electron chi connectivity index (χ0n) is 11.2. The van der Waals surface area contributed by atoms with Gasteiger partial charge in [0.25, 0.3) is 11.8 Å². The maximum atomic E-state index is 11.6. The Bertz CT molecular complexity index is 598. The predicted molar refractivity (Wildman–Crippen MR) is 74.2 cm³/mol. The number of nitrogens with zero attached hydrogens (tertiary/aromatic N) is 2. The molecule has 0 fully saturated rings. The molecular weight excluding hydrogens is 256 g/mol. The van der Waals surface area contributed by atoms with Gasteiger partial charge < -0.3 is 10.6 Å². The van der Waals surface area contributed by atoms with E-state index in [-0.39, 0.29) is 11.8 Å². The SMILES string of the molecule is CNC(=O)c1cccc(-c2cccc(C(=O)NC)n2)n1. The van der Waals surface area contributed by atoms with E-state index in [1.807, 2.05) is 0 Å². The highest BCUT2D eigenvalue weighted by Gasteiger charge is 2.10. The summed E-state index contributed by atoms with van der Waals surface area (Å²) in [5.41, 5.74) is 1.68. The van der Waals surface area contributed by atoms with Crippen molar-refractivity contribution in [3.05, 3.63) is 47.8 Å². The average Bonchev–Trinajstić information content (AvgIpc) is 2.53. The lowest BCUT2D eigenvalue weighted by Gasteiger charge is -2.05. The molecule has 0 aromatic carbocycles. The molecular formula is C14H14N4O2. The molecule has 0 spiro atoms. The standard InChI is InChI=1S/C14H14N4O2/c1-15-13(19)11-7-3-5-9(17-11)10-6-4-8-12(18-10)14(20)16-2/h3-8H,1-2H3,(H,15,19)(H,16,20). The second-order valence-electron chi connectivity index (χ2n) is 3.97. The van der Waals surface area contributed by atoms with Crippen molar-refractivity contribution in [2.45, 2.75) is 0 Å². The molecule has 0 atom stereocenters. The Morgan fingerprint density at radius 3 is 1.55 bits per heavy atom. The van der Waals surface area contributed by atoms with Gasteiger partial charge >= 0.3 is 0 Å². The Morgan fingerprint density at radius 2 is 1.20 bits per heavy atom. The summed E-state index contributed by atoms with van der Waals surface area (Å²) in [6.07, 6.45) is 0. The van der Waals surface area contributed by atoms with Gasteiger partial charge in [0.1, 0.15) is 11.4 Å². The fraction of sp³-hybridized carbons (Fsp3) is 0.143. The maximum Gasteiger partial charge on any atom is 0.269 e. The van der Waals surface area contributed by atoms with E-state index in [9.17, 15) is 9.59 Å². The van der Waals surface area contributed by atoms with Crippen molar-refractivity contribution < 1.29 is 9.59 Å². The number of hydrogen-bond acceptors (Lipinski definition) is 4. The van der Waals surface area contributed by atoms with Crippen LogP contribution in [0.5, 0.6) is 0 Å². The van der Waals surface area contributed by atoms with E-state index in [2.05, 4.69) is 20.6 Å². The van der Waals surface area contributed by atoms with E-state index in [1.165, 1.54) is 0 Å². The second-order valence-corrected chi connectivity index (χ2v) is 3.97. The van der Waals surface area contributed by atoms with Gasteiger partial charge in [0, 0.05) is 14.1 Å². The fourth-order valence-electron chi connectivity index (χ4n) is 1.66. The van der Waals surface area contributed by atoms with Crippen molar-refractivity contribution in [3.8, 4) is 11.4 Å². The third-order valence-corrected chi connectivity index (χ3v) is 2.68. The summed E-state index contributed by atoms with van der Waals surface area (Å²) in [6.45, 7) is 0. The van der Waals surface area contributed by atoms with Gasteiger partial charge in [0.05, 0.1) is 11.4 Å². The first-order chi connectivity index (χ1) is 9.65. The summed E-state index contributed by atoms with van der Waals surface area (Å²) in [5, 5.41) is 5.03. The fourth-order valence-corrected chi connectivity index (χ4v) is 1.66. The van der Waals surface area contributed by atoms with Gasteiger partial charge in [-0.2, -0.15) is 0 Å². The molecule has 2 aromatic rings. The molecule has 2 amide bonds. The molecule has 0 aliphatic carbocycles. The summed E-state index contributed by atoms with van der Waals surface area (Å²) >= 11 is 0. The van der Waals surface area contributed by atoms with Gasteiger partial charge in [0.15, 0.2) is 0 Å². The van der Waals surface area contributed by atoms with Crippen LogP contribution in [0.1, 0.15) is 21.0 Å². The Balaban J connectivity index is 2.41. The van der Waals surface area contributed by atoms with E-state index in [0.717, 1.165) is 0 Å². The summed E-state index contributed by atoms with van der Waals surface area (Å²) in [7, 11) is 3.09. The number of hydrogen-bond donors (Lipinski definition) is 2. The third-order valence-electron chi connectivity index (χ3n) is 2.68. The largest absolute Gasteiger partial charge is 0.354 e. The maximum absolute atomic E-state index is 11.6. The number of pyridine rings is 2. The molecule has 0 unspecified atom stereocenters. The Kier molecular flexibility index (Phi) is 4.05. The van der Waals surface area contributed by atoms with Crippen LogP contribution in [-0.2, 0) is 0 Å². The third kappa shape index (κ3) is 2.80. The highest BCUT2D eigenvalue weighted by Crippen LogP contribution is 2.15. The molecule has 0 bridgehead atoms. The molecule has 102 valence electrons. The average molecular weight is 270 g/mol. The molecule has 0 saturated carbocycles. The van der Waals surface area contributed by atoms with Crippen LogP contribution >= 0.6 is 0 Å². The number of rotatable bonds is 3. The zero-order chi connectivity index (χ0) is 14.5. The number of aromatic nitrogens is 2. The molecule has 0 aliphatic rings. The first-order valence-electron chi connectivity index (χ1n) is 6.04. The van der Waals surface area contributed by atoms with Crippen LogP contribution in [-0.4, -0.2) is 35.9 Å². The van der Waals surface area contributed by atoms with E-state index >= 15 is 0 Å². The molecule has 6 nitrogen and oxygen atoms in total. The van der Waals surface area contributed by atoms with Crippen LogP contribution in [0.15, 0.2) is 36.4 Å². The van der Waals surface area contributed by atoms with Crippen LogP contribution in [0.4, 0.5) is 0 Å². The van der Waals surface area contributed by atoms with Crippen molar-refractivity contribution in [1.29, 1.82) is 0 Å². The molecule has 0 saturated heterocycles. The first-order valence-corrected chi connectivity index (χ1v) is 6.04. The van der Waals surface area contributed by atoms with Crippen LogP contribution in [0.25, 0.3) is 11.4 Å². The molecule has 0 radical (unpaired) electrons. The zero-order valence-corrected chi connectivity index (χ0v) is 11.2. The number of carbonyl (C=O) groups excluding carboxylic acids is 2. The number of amides is 2. The highest BCUT2D eigenvalue weighted by atomic mass is 16.2. The second kappa shape index (κ2) is 5.92. The van der Waals surface area contributed by atoms with Gasteiger partial charge in [-0.3, -0.25) is 9.59 Å². The van der Waals surface area contributed by atoms with Crippen LogP contribution in [0.3, 0.4) is 0 Å². The van der Waals surface area contributed by atoms with Gasteiger partial charge in [-0.25, -0.2) is 9.97 Å². The summed E-state index contributed by atoms with van der Waals surface area (Å²) in [6, 6.07) is 10.2.